The van der Waals surface area contributed by atoms with Crippen molar-refractivity contribution in [2.75, 3.05) is 0 Å². The summed E-state index contributed by atoms with van der Waals surface area (Å²) < 4.78 is 9.78. The highest BCUT2D eigenvalue weighted by Crippen LogP contribution is 2.47. The maximum atomic E-state index is 10.6. The SMILES string of the molecule is N#Cc1ccc(-c2nc(-c3cc(-n4c5ccc(-c6ccccc6)cc5c5cc(-c6ccc7c(c6)c6cc(-c8ccccc8)ccc6n7-c6ccccc6)ccc54)cc(-n4c5ccc(-c6ccccc6)cc5c5cc(-c6ccc7c(c6)c6cc(-c8ccccc8)ccc6n7-c6ccccc6)ccc54)c3)c3ccc4ccccc4c3n2)c2ccccc12. The van der Waals surface area contributed by atoms with Gasteiger partial charge < -0.3 is 18.3 Å². The first-order valence-corrected chi connectivity index (χ1v) is 40.9. The van der Waals surface area contributed by atoms with E-state index >= 15 is 0 Å². The van der Waals surface area contributed by atoms with Crippen LogP contribution >= 0.6 is 0 Å². The molecule has 5 aromatic heterocycles. The molecular weight excluding hydrogens is 1460 g/mol. The Morgan fingerprint density at radius 1 is 0.192 bits per heavy atom. The summed E-state index contributed by atoms with van der Waals surface area (Å²) in [7, 11) is 0. The molecule has 0 N–H and O–H groups in total. The fourth-order valence-corrected chi connectivity index (χ4v) is 19.1. The highest BCUT2D eigenvalue weighted by molar-refractivity contribution is 6.18. The Morgan fingerprint density at radius 2 is 0.492 bits per heavy atom. The standard InChI is InChI=1S/C113H69N7/c114-70-84-40-49-93(92-38-22-21-36-90(84)92)113-115-111(94-50-39-75-31-19-20-37-91(75)112(94)116-113)85-59-88(119-107-53-43-78(73-27-11-3-12-28-73)63-97(107)101-67-82(47-57-109(101)119)80-45-55-105-99(65-80)95-61-76(71-23-7-1-8-24-71)41-51-103(95)117(105)86-32-15-5-16-33-86)69-89(60-85)120-108-54-44-79(74-29-13-4-14-30-74)64-98(108)102-68-83(48-58-110(102)120)81-46-56-106-100(66-81)96-62-77(72-25-9-2-10-26-72)42-52-104(96)118(106)87-34-17-6-18-35-87/h1-69H. The van der Waals surface area contributed by atoms with Crippen LogP contribution in [0.15, 0.2) is 419 Å². The maximum Gasteiger partial charge on any atom is 0.161 e. The van der Waals surface area contributed by atoms with E-state index in [1.807, 2.05) is 30.3 Å². The lowest BCUT2D eigenvalue weighted by atomic mass is 9.98. The molecule has 24 aromatic rings. The van der Waals surface area contributed by atoms with E-state index in [1.165, 1.54) is 43.8 Å². The van der Waals surface area contributed by atoms with Crippen molar-refractivity contribution < 1.29 is 0 Å². The van der Waals surface area contributed by atoms with Gasteiger partial charge in [-0.3, -0.25) is 0 Å². The number of hydrogen-bond donors (Lipinski definition) is 0. The van der Waals surface area contributed by atoms with Crippen molar-refractivity contribution in [2.45, 2.75) is 0 Å². The molecule has 0 aliphatic carbocycles. The van der Waals surface area contributed by atoms with Crippen LogP contribution in [0.3, 0.4) is 0 Å². The van der Waals surface area contributed by atoms with Crippen molar-refractivity contribution in [3.8, 4) is 118 Å². The molecule has 5 heterocycles. The number of hydrogen-bond acceptors (Lipinski definition) is 3. The number of benzene rings is 19. The molecule has 7 nitrogen and oxygen atoms in total. The summed E-state index contributed by atoms with van der Waals surface area (Å²) in [5.74, 6) is 0.566. The quantitative estimate of drug-likeness (QED) is 0.114. The molecule has 0 bridgehead atoms. The molecule has 0 spiro atoms. The van der Waals surface area contributed by atoms with Gasteiger partial charge in [-0.2, -0.15) is 5.26 Å². The van der Waals surface area contributed by atoms with Gasteiger partial charge in [0.15, 0.2) is 5.82 Å². The van der Waals surface area contributed by atoms with E-state index in [-0.39, 0.29) is 0 Å². The minimum Gasteiger partial charge on any atom is -0.309 e. The number of rotatable bonds is 12. The zero-order chi connectivity index (χ0) is 79.0. The molecular formula is C113H69N7. The molecule has 24 rings (SSSR count). The number of fused-ring (bicyclic) bond motifs is 16. The molecule has 120 heavy (non-hydrogen) atoms. The van der Waals surface area contributed by atoms with Crippen molar-refractivity contribution in [1.82, 2.24) is 28.2 Å². The van der Waals surface area contributed by atoms with Crippen LogP contribution < -0.4 is 0 Å². The average Bonchev–Trinajstić information content (AvgIpc) is 1.53. The monoisotopic (exact) mass is 1520 g/mol. The normalized spacial score (nSPS) is 11.8. The number of nitriles is 1. The van der Waals surface area contributed by atoms with Crippen LogP contribution in [0.25, 0.3) is 232 Å². The lowest BCUT2D eigenvalue weighted by Crippen LogP contribution is -2.02. The van der Waals surface area contributed by atoms with E-state index in [0.717, 1.165) is 182 Å². The van der Waals surface area contributed by atoms with Crippen LogP contribution in [0.4, 0.5) is 0 Å². The molecule has 0 amide bonds. The van der Waals surface area contributed by atoms with Gasteiger partial charge in [0.25, 0.3) is 0 Å². The number of para-hydroxylation sites is 2. The predicted molar refractivity (Wildman–Crippen MR) is 500 cm³/mol. The molecule has 0 saturated carbocycles. The molecule has 0 unspecified atom stereocenters. The van der Waals surface area contributed by atoms with E-state index < -0.39 is 0 Å². The maximum absolute atomic E-state index is 10.6. The van der Waals surface area contributed by atoms with Gasteiger partial charge in [-0.25, -0.2) is 9.97 Å². The second-order valence-corrected chi connectivity index (χ2v) is 31.5. The molecule has 0 aliphatic rings. The smallest absolute Gasteiger partial charge is 0.161 e. The van der Waals surface area contributed by atoms with E-state index in [4.69, 9.17) is 9.97 Å². The first kappa shape index (κ1) is 68.2. The summed E-state index contributed by atoms with van der Waals surface area (Å²) in [5, 5.41) is 24.6. The fraction of sp³-hybridized carbons (Fsp3) is 0. The first-order chi connectivity index (χ1) is 59.4. The summed E-state index contributed by atoms with van der Waals surface area (Å²) in [5.41, 5.74) is 30.7. The van der Waals surface area contributed by atoms with Crippen molar-refractivity contribution in [3.63, 3.8) is 0 Å². The van der Waals surface area contributed by atoms with Crippen LogP contribution in [-0.2, 0) is 0 Å². The van der Waals surface area contributed by atoms with Gasteiger partial charge >= 0.3 is 0 Å². The Labute approximate surface area is 690 Å². The van der Waals surface area contributed by atoms with Gasteiger partial charge in [-0.1, -0.05) is 261 Å². The molecule has 0 radical (unpaired) electrons. The van der Waals surface area contributed by atoms with Crippen molar-refractivity contribution >= 4 is 120 Å². The van der Waals surface area contributed by atoms with E-state index in [2.05, 4.69) is 413 Å². The minimum absolute atomic E-state index is 0.566. The molecule has 0 fully saturated rings. The lowest BCUT2D eigenvalue weighted by molar-refractivity contribution is 1.13. The van der Waals surface area contributed by atoms with Gasteiger partial charge in [-0.15, -0.1) is 0 Å². The number of nitrogens with zero attached hydrogens (tertiary/aromatic N) is 7. The Bertz CT molecular complexity index is 8000. The second kappa shape index (κ2) is 27.5. The van der Waals surface area contributed by atoms with Crippen molar-refractivity contribution in [1.29, 1.82) is 5.26 Å². The van der Waals surface area contributed by atoms with Gasteiger partial charge in [0, 0.05) is 93.1 Å². The van der Waals surface area contributed by atoms with Crippen LogP contribution in [0.5, 0.6) is 0 Å². The first-order valence-electron chi connectivity index (χ1n) is 40.9. The third kappa shape index (κ3) is 11.0. The summed E-state index contributed by atoms with van der Waals surface area (Å²) in [6, 6.07) is 155. The summed E-state index contributed by atoms with van der Waals surface area (Å²) >= 11 is 0. The lowest BCUT2D eigenvalue weighted by Gasteiger charge is -2.18. The molecule has 556 valence electrons. The third-order valence-corrected chi connectivity index (χ3v) is 24.8. The minimum atomic E-state index is 0.566. The van der Waals surface area contributed by atoms with Crippen molar-refractivity contribution in [2.24, 2.45) is 0 Å². The highest BCUT2D eigenvalue weighted by Gasteiger charge is 2.26. The Morgan fingerprint density at radius 3 is 0.842 bits per heavy atom. The average molecular weight is 1520 g/mol. The van der Waals surface area contributed by atoms with Gasteiger partial charge in [0.2, 0.25) is 0 Å². The Kier molecular flexibility index (Phi) is 15.6. The topological polar surface area (TPSA) is 69.3 Å². The summed E-state index contributed by atoms with van der Waals surface area (Å²) in [6.07, 6.45) is 0. The van der Waals surface area contributed by atoms with Crippen LogP contribution in [-0.4, -0.2) is 28.2 Å². The van der Waals surface area contributed by atoms with Crippen molar-refractivity contribution in [3.05, 3.63) is 424 Å². The number of aromatic nitrogens is 6. The Balaban J connectivity index is 0.763. The highest BCUT2D eigenvalue weighted by atomic mass is 15.0. The van der Waals surface area contributed by atoms with Gasteiger partial charge in [0.1, 0.15) is 0 Å². The fourth-order valence-electron chi connectivity index (χ4n) is 19.1. The predicted octanol–water partition coefficient (Wildman–Crippen LogP) is 29.5. The van der Waals surface area contributed by atoms with Crippen LogP contribution in [0.1, 0.15) is 5.56 Å². The molecule has 19 aromatic carbocycles. The summed E-state index contributed by atoms with van der Waals surface area (Å²) in [4.78, 5) is 11.5. The van der Waals surface area contributed by atoms with Crippen LogP contribution in [0, 0.1) is 11.3 Å². The van der Waals surface area contributed by atoms with Gasteiger partial charge in [-0.05, 0) is 235 Å². The zero-order valence-electron chi connectivity index (χ0n) is 65.0. The Hall–Kier alpha value is -16.3. The molecule has 0 aliphatic heterocycles. The van der Waals surface area contributed by atoms with E-state index in [0.29, 0.717) is 11.4 Å². The molecule has 0 atom stereocenters. The molecule has 0 saturated heterocycles. The van der Waals surface area contributed by atoms with Gasteiger partial charge in [0.05, 0.1) is 67.0 Å². The van der Waals surface area contributed by atoms with E-state index in [9.17, 15) is 5.26 Å². The third-order valence-electron chi connectivity index (χ3n) is 24.8. The van der Waals surface area contributed by atoms with E-state index in [1.54, 1.807) is 0 Å². The summed E-state index contributed by atoms with van der Waals surface area (Å²) in [6.45, 7) is 0. The molecule has 7 heteroatoms. The zero-order valence-corrected chi connectivity index (χ0v) is 65.0. The second-order valence-electron chi connectivity index (χ2n) is 31.5. The van der Waals surface area contributed by atoms with Crippen LogP contribution in [0.2, 0.25) is 0 Å². The largest absolute Gasteiger partial charge is 0.309 e.